The molecule has 20 heavy (non-hydrogen) atoms. The van der Waals surface area contributed by atoms with Gasteiger partial charge < -0.3 is 15.2 Å². The summed E-state index contributed by atoms with van der Waals surface area (Å²) in [6, 6.07) is 3.13. The van der Waals surface area contributed by atoms with E-state index in [2.05, 4.69) is 5.32 Å². The van der Waals surface area contributed by atoms with E-state index in [0.717, 1.165) is 4.90 Å². The monoisotopic (exact) mass is 337 g/mol. The van der Waals surface area contributed by atoms with Crippen molar-refractivity contribution in [3.63, 3.8) is 0 Å². The molecule has 0 saturated carbocycles. The molecule has 0 radical (unpaired) electrons. The molecular formula is C12H13Cl2NO4S. The third-order valence-electron chi connectivity index (χ3n) is 2.24. The second-order valence-electron chi connectivity index (χ2n) is 3.67. The van der Waals surface area contributed by atoms with Crippen LogP contribution in [0.15, 0.2) is 17.0 Å². The molecule has 0 aromatic heterocycles. The predicted octanol–water partition coefficient (Wildman–Crippen LogP) is 2.55. The van der Waals surface area contributed by atoms with Crippen molar-refractivity contribution in [3.05, 3.63) is 27.7 Å². The van der Waals surface area contributed by atoms with Gasteiger partial charge in [-0.05, 0) is 18.4 Å². The highest BCUT2D eigenvalue weighted by Crippen LogP contribution is 2.31. The Bertz CT molecular complexity index is 510. The Morgan fingerprint density at radius 2 is 2.05 bits per heavy atom. The largest absolute Gasteiger partial charge is 0.480 e. The number of thioether (sulfide) groups is 1. The Kier molecular flexibility index (Phi) is 7.15. The number of amides is 1. The van der Waals surface area contributed by atoms with Crippen molar-refractivity contribution >= 4 is 46.8 Å². The minimum Gasteiger partial charge on any atom is -0.480 e. The van der Waals surface area contributed by atoms with Gasteiger partial charge in [-0.15, -0.1) is 11.8 Å². The van der Waals surface area contributed by atoms with Gasteiger partial charge in [0.15, 0.2) is 0 Å². The first kappa shape index (κ1) is 17.1. The minimum atomic E-state index is -1.05. The number of benzene rings is 1. The molecule has 5 nitrogen and oxygen atoms in total. The molecule has 0 aliphatic carbocycles. The van der Waals surface area contributed by atoms with E-state index < -0.39 is 12.6 Å². The van der Waals surface area contributed by atoms with Crippen molar-refractivity contribution in [2.75, 3.05) is 26.0 Å². The Hall–Kier alpha value is -0.950. The lowest BCUT2D eigenvalue weighted by atomic mass is 10.2. The number of carboxylic acids is 1. The van der Waals surface area contributed by atoms with E-state index in [4.69, 9.17) is 33.0 Å². The first-order chi connectivity index (χ1) is 9.45. The number of carbonyl (C=O) groups excluding carboxylic acids is 1. The van der Waals surface area contributed by atoms with Crippen LogP contribution >= 0.6 is 35.0 Å². The van der Waals surface area contributed by atoms with Crippen molar-refractivity contribution in [2.24, 2.45) is 0 Å². The maximum absolute atomic E-state index is 11.9. The molecule has 1 aromatic carbocycles. The first-order valence-electron chi connectivity index (χ1n) is 5.56. The number of hydrogen-bond donors (Lipinski definition) is 2. The van der Waals surface area contributed by atoms with Crippen molar-refractivity contribution in [1.29, 1.82) is 0 Å². The van der Waals surface area contributed by atoms with Gasteiger partial charge in [0.25, 0.3) is 5.91 Å². The van der Waals surface area contributed by atoms with Gasteiger partial charge >= 0.3 is 5.97 Å². The van der Waals surface area contributed by atoms with Gasteiger partial charge in [0.05, 0.1) is 22.2 Å². The second kappa shape index (κ2) is 8.36. The number of halogens is 2. The number of hydrogen-bond acceptors (Lipinski definition) is 4. The molecule has 1 amide bonds. The molecule has 0 unspecified atom stereocenters. The molecule has 1 aromatic rings. The summed E-state index contributed by atoms with van der Waals surface area (Å²) in [4.78, 5) is 22.9. The summed E-state index contributed by atoms with van der Waals surface area (Å²) in [5, 5.41) is 11.7. The number of carboxylic acid groups (broad SMARTS) is 1. The van der Waals surface area contributed by atoms with Gasteiger partial charge in [-0.1, -0.05) is 23.2 Å². The summed E-state index contributed by atoms with van der Waals surface area (Å²) in [5.74, 6) is -1.41. The first-order valence-corrected chi connectivity index (χ1v) is 7.54. The van der Waals surface area contributed by atoms with Crippen LogP contribution in [-0.2, 0) is 9.53 Å². The maximum atomic E-state index is 11.9. The summed E-state index contributed by atoms with van der Waals surface area (Å²) < 4.78 is 4.80. The van der Waals surface area contributed by atoms with E-state index in [1.165, 1.54) is 17.8 Å². The fourth-order valence-corrected chi connectivity index (χ4v) is 2.54. The molecule has 1 rings (SSSR count). The van der Waals surface area contributed by atoms with Crippen molar-refractivity contribution in [3.8, 4) is 0 Å². The van der Waals surface area contributed by atoms with Crippen LogP contribution < -0.4 is 5.32 Å². The molecule has 8 heteroatoms. The Morgan fingerprint density at radius 3 is 2.65 bits per heavy atom. The quantitative estimate of drug-likeness (QED) is 0.590. The summed E-state index contributed by atoms with van der Waals surface area (Å²) >= 11 is 13.4. The number of nitrogens with one attached hydrogen (secondary N) is 1. The molecule has 0 spiro atoms. The Labute approximate surface area is 130 Å². The van der Waals surface area contributed by atoms with Crippen LogP contribution in [-0.4, -0.2) is 43.0 Å². The van der Waals surface area contributed by atoms with E-state index in [0.29, 0.717) is 10.6 Å². The summed E-state index contributed by atoms with van der Waals surface area (Å²) in [7, 11) is 0. The molecular weight excluding hydrogens is 325 g/mol. The topological polar surface area (TPSA) is 75.6 Å². The number of carbonyl (C=O) groups is 2. The standard InChI is InChI=1S/C12H13Cl2NO4S/c1-20-10-4-7(8(13)5-9(10)14)12(18)15-2-3-19-6-11(16)17/h4-5H,2-3,6H2,1H3,(H,15,18)(H,16,17). The van der Waals surface area contributed by atoms with Crippen LogP contribution in [0.2, 0.25) is 10.0 Å². The molecule has 0 saturated heterocycles. The third kappa shape index (κ3) is 5.20. The van der Waals surface area contributed by atoms with Crippen LogP contribution in [0.1, 0.15) is 10.4 Å². The van der Waals surface area contributed by atoms with Gasteiger partial charge in [0.1, 0.15) is 6.61 Å². The van der Waals surface area contributed by atoms with E-state index >= 15 is 0 Å². The Balaban J connectivity index is 2.57. The Morgan fingerprint density at radius 1 is 1.35 bits per heavy atom. The zero-order valence-corrected chi connectivity index (χ0v) is 12.9. The van der Waals surface area contributed by atoms with Gasteiger partial charge in [0.2, 0.25) is 0 Å². The smallest absolute Gasteiger partial charge is 0.329 e. The SMILES string of the molecule is CSc1cc(C(=O)NCCOCC(=O)O)c(Cl)cc1Cl. The lowest BCUT2D eigenvalue weighted by molar-refractivity contribution is -0.142. The van der Waals surface area contributed by atoms with Crippen LogP contribution in [0, 0.1) is 0 Å². The highest BCUT2D eigenvalue weighted by atomic mass is 35.5. The summed E-state index contributed by atoms with van der Waals surface area (Å²) in [6.45, 7) is -0.0908. The highest BCUT2D eigenvalue weighted by Gasteiger charge is 2.13. The lowest BCUT2D eigenvalue weighted by Gasteiger charge is -2.09. The molecule has 0 atom stereocenters. The van der Waals surface area contributed by atoms with E-state index in [1.54, 1.807) is 6.07 Å². The van der Waals surface area contributed by atoms with Gasteiger partial charge in [-0.25, -0.2) is 4.79 Å². The van der Waals surface area contributed by atoms with Crippen molar-refractivity contribution < 1.29 is 19.4 Å². The average Bonchev–Trinajstić information content (AvgIpc) is 2.38. The maximum Gasteiger partial charge on any atom is 0.329 e. The van der Waals surface area contributed by atoms with Gasteiger partial charge in [-0.3, -0.25) is 4.79 Å². The molecule has 2 N–H and O–H groups in total. The van der Waals surface area contributed by atoms with Crippen LogP contribution in [0.3, 0.4) is 0 Å². The van der Waals surface area contributed by atoms with Crippen molar-refractivity contribution in [2.45, 2.75) is 4.90 Å². The number of rotatable bonds is 7. The number of ether oxygens (including phenoxy) is 1. The van der Waals surface area contributed by atoms with E-state index in [9.17, 15) is 9.59 Å². The molecule has 0 aliphatic rings. The molecule has 0 heterocycles. The van der Waals surface area contributed by atoms with E-state index in [-0.39, 0.29) is 24.1 Å². The normalized spacial score (nSPS) is 10.3. The van der Waals surface area contributed by atoms with Crippen LogP contribution in [0.25, 0.3) is 0 Å². The van der Waals surface area contributed by atoms with Gasteiger partial charge in [0, 0.05) is 11.4 Å². The number of aliphatic carboxylic acids is 1. The molecule has 110 valence electrons. The third-order valence-corrected chi connectivity index (χ3v) is 3.76. The fourth-order valence-electron chi connectivity index (χ4n) is 1.35. The second-order valence-corrected chi connectivity index (χ2v) is 5.33. The summed E-state index contributed by atoms with van der Waals surface area (Å²) in [6.07, 6.45) is 1.84. The fraction of sp³-hybridized carbons (Fsp3) is 0.333. The zero-order chi connectivity index (χ0) is 15.1. The minimum absolute atomic E-state index is 0.110. The molecule has 0 bridgehead atoms. The lowest BCUT2D eigenvalue weighted by Crippen LogP contribution is -2.28. The molecule has 0 aliphatic heterocycles. The average molecular weight is 338 g/mol. The zero-order valence-electron chi connectivity index (χ0n) is 10.6. The molecule has 0 fully saturated rings. The highest BCUT2D eigenvalue weighted by molar-refractivity contribution is 7.98. The van der Waals surface area contributed by atoms with Crippen molar-refractivity contribution in [1.82, 2.24) is 5.32 Å². The van der Waals surface area contributed by atoms with E-state index in [1.807, 2.05) is 6.26 Å². The van der Waals surface area contributed by atoms with Crippen LogP contribution in [0.4, 0.5) is 0 Å². The predicted molar refractivity (Wildman–Crippen MR) is 79.0 cm³/mol. The van der Waals surface area contributed by atoms with Gasteiger partial charge in [-0.2, -0.15) is 0 Å². The summed E-state index contributed by atoms with van der Waals surface area (Å²) in [5.41, 5.74) is 0.318. The van der Waals surface area contributed by atoms with Crippen LogP contribution in [0.5, 0.6) is 0 Å².